The Morgan fingerprint density at radius 2 is 0.781 bits per heavy atom. The Bertz CT molecular complexity index is 4150. The SMILES string of the molecule is c1ccc(C2(c3ccccc3)c3ccccc3-c3c(-c4cccc(N(c5ccc(-c6ccc(-c7ccc8ccccc8c7)cc6)cc5)c5cccc(-c6ccc7oc8ccccc8c7c6)c5)c4)cccc32)cc1. The van der Waals surface area contributed by atoms with Gasteiger partial charge in [-0.1, -0.05) is 224 Å². The summed E-state index contributed by atoms with van der Waals surface area (Å²) in [6.45, 7) is 0. The summed E-state index contributed by atoms with van der Waals surface area (Å²) >= 11 is 0. The van der Waals surface area contributed by atoms with E-state index in [1.165, 1.54) is 66.4 Å². The van der Waals surface area contributed by atoms with Crippen LogP contribution in [0.4, 0.5) is 17.1 Å². The Kier molecular flexibility index (Phi) is 10.1. The second-order valence-corrected chi connectivity index (χ2v) is 19.2. The van der Waals surface area contributed by atoms with Crippen molar-refractivity contribution in [1.82, 2.24) is 0 Å². The van der Waals surface area contributed by atoms with E-state index < -0.39 is 5.41 Å². The summed E-state index contributed by atoms with van der Waals surface area (Å²) in [6.07, 6.45) is 0. The zero-order chi connectivity index (χ0) is 48.3. The number of furan rings is 1. The predicted molar refractivity (Wildman–Crippen MR) is 305 cm³/mol. The third kappa shape index (κ3) is 7.10. The molecular weight excluding hydrogens is 883 g/mol. The molecule has 0 unspecified atom stereocenters. The fourth-order valence-corrected chi connectivity index (χ4v) is 11.8. The minimum Gasteiger partial charge on any atom is -0.456 e. The molecule has 1 aliphatic rings. The zero-order valence-electron chi connectivity index (χ0n) is 40.0. The molecule has 2 nitrogen and oxygen atoms in total. The highest BCUT2D eigenvalue weighted by Crippen LogP contribution is 2.58. The van der Waals surface area contributed by atoms with Crippen LogP contribution >= 0.6 is 0 Å². The minimum atomic E-state index is -0.487. The van der Waals surface area contributed by atoms with Crippen molar-refractivity contribution in [2.75, 3.05) is 4.90 Å². The van der Waals surface area contributed by atoms with E-state index in [1.54, 1.807) is 0 Å². The average molecular weight is 930 g/mol. The van der Waals surface area contributed by atoms with Gasteiger partial charge in [0.25, 0.3) is 0 Å². The van der Waals surface area contributed by atoms with Crippen LogP contribution in [0.15, 0.2) is 290 Å². The lowest BCUT2D eigenvalue weighted by atomic mass is 9.67. The van der Waals surface area contributed by atoms with Crippen molar-refractivity contribution >= 4 is 49.8 Å². The van der Waals surface area contributed by atoms with Crippen LogP contribution in [0, 0.1) is 0 Å². The summed E-state index contributed by atoms with van der Waals surface area (Å²) in [5.41, 5.74) is 21.5. The lowest BCUT2D eigenvalue weighted by Gasteiger charge is -2.34. The maximum absolute atomic E-state index is 6.25. The van der Waals surface area contributed by atoms with Crippen LogP contribution < -0.4 is 4.90 Å². The highest BCUT2D eigenvalue weighted by atomic mass is 16.3. The van der Waals surface area contributed by atoms with E-state index in [0.29, 0.717) is 0 Å². The van der Waals surface area contributed by atoms with Crippen LogP contribution in [0.2, 0.25) is 0 Å². The molecule has 0 spiro atoms. The second kappa shape index (κ2) is 17.4. The first-order valence-electron chi connectivity index (χ1n) is 25.1. The van der Waals surface area contributed by atoms with Gasteiger partial charge in [-0.3, -0.25) is 0 Å². The van der Waals surface area contributed by atoms with Crippen molar-refractivity contribution in [1.29, 1.82) is 0 Å². The van der Waals surface area contributed by atoms with Gasteiger partial charge in [0.1, 0.15) is 11.2 Å². The van der Waals surface area contributed by atoms with Gasteiger partial charge in [0.15, 0.2) is 0 Å². The van der Waals surface area contributed by atoms with Gasteiger partial charge in [0.2, 0.25) is 0 Å². The van der Waals surface area contributed by atoms with Crippen LogP contribution in [0.5, 0.6) is 0 Å². The Morgan fingerprint density at radius 1 is 0.274 bits per heavy atom. The molecule has 12 aromatic carbocycles. The number of anilines is 3. The van der Waals surface area contributed by atoms with Gasteiger partial charge in [0, 0.05) is 27.8 Å². The first-order chi connectivity index (χ1) is 36.2. The lowest BCUT2D eigenvalue weighted by molar-refractivity contribution is 0.669. The molecule has 0 amide bonds. The molecule has 14 rings (SSSR count). The minimum absolute atomic E-state index is 0.487. The van der Waals surface area contributed by atoms with E-state index in [-0.39, 0.29) is 0 Å². The highest BCUT2D eigenvalue weighted by Gasteiger charge is 2.46. The molecule has 13 aromatic rings. The van der Waals surface area contributed by atoms with Gasteiger partial charge in [-0.05, 0) is 149 Å². The van der Waals surface area contributed by atoms with E-state index in [1.807, 2.05) is 12.1 Å². The molecule has 1 heterocycles. The van der Waals surface area contributed by atoms with E-state index in [0.717, 1.165) is 61.3 Å². The number of nitrogens with zero attached hydrogens (tertiary/aromatic N) is 1. The number of hydrogen-bond donors (Lipinski definition) is 0. The van der Waals surface area contributed by atoms with E-state index in [4.69, 9.17) is 4.42 Å². The molecule has 0 fully saturated rings. The van der Waals surface area contributed by atoms with Crippen molar-refractivity contribution < 1.29 is 4.42 Å². The Balaban J connectivity index is 0.894. The van der Waals surface area contributed by atoms with Gasteiger partial charge in [-0.15, -0.1) is 0 Å². The molecule has 0 saturated heterocycles. The van der Waals surface area contributed by atoms with Gasteiger partial charge in [-0.2, -0.15) is 0 Å². The van der Waals surface area contributed by atoms with Crippen molar-refractivity contribution in [3.63, 3.8) is 0 Å². The molecule has 0 bridgehead atoms. The first-order valence-corrected chi connectivity index (χ1v) is 25.1. The van der Waals surface area contributed by atoms with Crippen molar-refractivity contribution in [2.45, 2.75) is 5.41 Å². The number of hydrogen-bond acceptors (Lipinski definition) is 2. The predicted octanol–water partition coefficient (Wildman–Crippen LogP) is 19.2. The summed E-state index contributed by atoms with van der Waals surface area (Å²) in [5.74, 6) is 0. The Labute approximate surface area is 425 Å². The van der Waals surface area contributed by atoms with Crippen molar-refractivity contribution in [2.24, 2.45) is 0 Å². The number of fused-ring (bicyclic) bond motifs is 7. The van der Waals surface area contributed by atoms with Crippen LogP contribution in [-0.2, 0) is 5.41 Å². The lowest BCUT2D eigenvalue weighted by Crippen LogP contribution is -2.28. The molecule has 73 heavy (non-hydrogen) atoms. The Hall–Kier alpha value is -9.50. The van der Waals surface area contributed by atoms with E-state index in [9.17, 15) is 0 Å². The molecule has 2 heteroatoms. The molecule has 0 N–H and O–H groups in total. The number of rotatable bonds is 9. The fourth-order valence-electron chi connectivity index (χ4n) is 11.8. The van der Waals surface area contributed by atoms with Gasteiger partial charge >= 0.3 is 0 Å². The normalized spacial score (nSPS) is 12.5. The van der Waals surface area contributed by atoms with Crippen LogP contribution in [0.3, 0.4) is 0 Å². The number of benzene rings is 12. The molecule has 1 aliphatic carbocycles. The number of para-hydroxylation sites is 1. The molecule has 342 valence electrons. The average Bonchev–Trinajstić information content (AvgIpc) is 4.00. The van der Waals surface area contributed by atoms with Crippen molar-refractivity contribution in [3.8, 4) is 55.6 Å². The smallest absolute Gasteiger partial charge is 0.135 e. The molecule has 0 atom stereocenters. The van der Waals surface area contributed by atoms with Crippen molar-refractivity contribution in [3.05, 3.63) is 307 Å². The Morgan fingerprint density at radius 3 is 1.53 bits per heavy atom. The summed E-state index contributed by atoms with van der Waals surface area (Å²) < 4.78 is 6.25. The van der Waals surface area contributed by atoms with Crippen LogP contribution in [0.25, 0.3) is 88.3 Å². The summed E-state index contributed by atoms with van der Waals surface area (Å²) in [6, 6.07) is 104. The summed E-state index contributed by atoms with van der Waals surface area (Å²) in [5, 5.41) is 4.74. The summed E-state index contributed by atoms with van der Waals surface area (Å²) in [4.78, 5) is 2.40. The molecule has 1 aromatic heterocycles. The van der Waals surface area contributed by atoms with Gasteiger partial charge < -0.3 is 9.32 Å². The first kappa shape index (κ1) is 42.4. The topological polar surface area (TPSA) is 16.4 Å². The zero-order valence-corrected chi connectivity index (χ0v) is 40.0. The highest BCUT2D eigenvalue weighted by molar-refractivity contribution is 6.06. The maximum atomic E-state index is 6.25. The molecule has 0 radical (unpaired) electrons. The standard InChI is InChI=1S/C71H47NO/c1-3-20-57(21-4-1)71(58-22-5-2-6-23-58)66-29-11-9-27-64(66)70-62(28-15-30-67(70)71)56-19-14-25-61(46-56)72(60-24-13-18-53(45-60)55-40-43-69-65(47-55)63-26-10-12-31-68(63)73-69)59-41-38-50(39-42-59)49-32-34-51(35-33-49)54-37-36-48-16-7-8-17-52(48)44-54/h1-47H. The monoisotopic (exact) mass is 929 g/mol. The van der Waals surface area contributed by atoms with Crippen LogP contribution in [0.1, 0.15) is 22.3 Å². The molecule has 0 aliphatic heterocycles. The second-order valence-electron chi connectivity index (χ2n) is 19.2. The quantitative estimate of drug-likeness (QED) is 0.143. The fraction of sp³-hybridized carbons (Fsp3) is 0.0141. The third-order valence-electron chi connectivity index (χ3n) is 15.1. The molecular formula is C71H47NO. The van der Waals surface area contributed by atoms with Crippen LogP contribution in [-0.4, -0.2) is 0 Å². The van der Waals surface area contributed by atoms with Gasteiger partial charge in [-0.25, -0.2) is 0 Å². The maximum Gasteiger partial charge on any atom is 0.135 e. The van der Waals surface area contributed by atoms with E-state index >= 15 is 0 Å². The third-order valence-corrected chi connectivity index (χ3v) is 15.1. The molecule has 0 saturated carbocycles. The largest absolute Gasteiger partial charge is 0.456 e. The van der Waals surface area contributed by atoms with E-state index in [2.05, 4.69) is 278 Å². The summed E-state index contributed by atoms with van der Waals surface area (Å²) in [7, 11) is 0. The van der Waals surface area contributed by atoms with Gasteiger partial charge in [0.05, 0.1) is 5.41 Å².